The lowest BCUT2D eigenvalue weighted by Crippen LogP contribution is -2.45. The molecule has 0 unspecified atom stereocenters. The summed E-state index contributed by atoms with van der Waals surface area (Å²) in [7, 11) is 0. The van der Waals surface area contributed by atoms with Crippen LogP contribution in [0.4, 0.5) is 5.69 Å². The molecule has 1 fully saturated rings. The summed E-state index contributed by atoms with van der Waals surface area (Å²) in [5.74, 6) is -0.206. The molecule has 4 nitrogen and oxygen atoms in total. The predicted molar refractivity (Wildman–Crippen MR) is 73.8 cm³/mol. The zero-order valence-corrected chi connectivity index (χ0v) is 11.4. The molecule has 1 aromatic carbocycles. The number of benzene rings is 1. The number of amides is 1. The number of halogens is 2. The quantitative estimate of drug-likeness (QED) is 0.823. The Morgan fingerprint density at radius 1 is 1.22 bits per heavy atom. The number of hydrogen-bond acceptors (Lipinski definition) is 3. The van der Waals surface area contributed by atoms with E-state index >= 15 is 0 Å². The van der Waals surface area contributed by atoms with Crippen LogP contribution in [0.2, 0.25) is 10.0 Å². The average molecular weight is 288 g/mol. The molecule has 0 aliphatic carbocycles. The monoisotopic (exact) mass is 287 g/mol. The molecule has 0 bridgehead atoms. The summed E-state index contributed by atoms with van der Waals surface area (Å²) >= 11 is 11.7. The van der Waals surface area contributed by atoms with Crippen molar-refractivity contribution in [2.24, 2.45) is 0 Å². The number of anilines is 1. The molecule has 18 heavy (non-hydrogen) atoms. The first kappa shape index (κ1) is 13.5. The molecule has 1 aromatic rings. The van der Waals surface area contributed by atoms with Gasteiger partial charge in [-0.2, -0.15) is 0 Å². The van der Waals surface area contributed by atoms with Crippen molar-refractivity contribution in [3.63, 3.8) is 0 Å². The number of hydrazine groups is 1. The van der Waals surface area contributed by atoms with E-state index in [9.17, 15) is 4.79 Å². The Labute approximate surface area is 116 Å². The Bertz CT molecular complexity index is 436. The van der Waals surface area contributed by atoms with E-state index in [0.717, 1.165) is 25.9 Å². The fourth-order valence-electron chi connectivity index (χ4n) is 1.96. The lowest BCUT2D eigenvalue weighted by atomic mass is 10.1. The molecule has 1 saturated heterocycles. The van der Waals surface area contributed by atoms with Crippen LogP contribution >= 0.6 is 23.2 Å². The van der Waals surface area contributed by atoms with Crippen LogP contribution in [-0.4, -0.2) is 24.0 Å². The maximum Gasteiger partial charge on any atom is 0.265 e. The van der Waals surface area contributed by atoms with Gasteiger partial charge in [0.1, 0.15) is 0 Å². The molecular weight excluding hydrogens is 273 g/mol. The summed E-state index contributed by atoms with van der Waals surface area (Å²) in [6.07, 6.45) is 3.42. The zero-order valence-electron chi connectivity index (χ0n) is 9.88. The third kappa shape index (κ3) is 3.07. The van der Waals surface area contributed by atoms with Gasteiger partial charge in [-0.05, 0) is 25.0 Å². The highest BCUT2D eigenvalue weighted by Crippen LogP contribution is 2.29. The highest BCUT2D eigenvalue weighted by Gasteiger charge is 2.16. The van der Waals surface area contributed by atoms with Crippen LogP contribution < -0.4 is 11.2 Å². The van der Waals surface area contributed by atoms with Gasteiger partial charge in [0.05, 0.1) is 15.7 Å². The molecular formula is C12H15Cl2N3O. The second-order valence-corrected chi connectivity index (χ2v) is 5.14. The van der Waals surface area contributed by atoms with Crippen LogP contribution in [0.1, 0.15) is 29.6 Å². The van der Waals surface area contributed by atoms with Gasteiger partial charge < -0.3 is 5.73 Å². The Balaban J connectivity index is 2.08. The third-order valence-electron chi connectivity index (χ3n) is 2.93. The lowest BCUT2D eigenvalue weighted by molar-refractivity contribution is 0.0750. The Kier molecular flexibility index (Phi) is 4.32. The minimum Gasteiger partial charge on any atom is -0.397 e. The lowest BCUT2D eigenvalue weighted by Gasteiger charge is -2.26. The molecule has 1 heterocycles. The number of nitrogens with one attached hydrogen (secondary N) is 1. The fourth-order valence-corrected chi connectivity index (χ4v) is 2.29. The summed E-state index contributed by atoms with van der Waals surface area (Å²) < 4.78 is 0. The number of hydrogen-bond donors (Lipinski definition) is 2. The summed E-state index contributed by atoms with van der Waals surface area (Å²) in [5.41, 5.74) is 9.27. The molecule has 2 rings (SSSR count). The number of rotatable bonds is 2. The first-order chi connectivity index (χ1) is 8.58. The van der Waals surface area contributed by atoms with Crippen LogP contribution in [-0.2, 0) is 0 Å². The van der Waals surface area contributed by atoms with Gasteiger partial charge in [0.2, 0.25) is 0 Å². The number of nitrogen functional groups attached to an aromatic ring is 1. The molecule has 1 amide bonds. The first-order valence-electron chi connectivity index (χ1n) is 5.88. The van der Waals surface area contributed by atoms with Crippen LogP contribution in [0.5, 0.6) is 0 Å². The second-order valence-electron chi connectivity index (χ2n) is 4.35. The van der Waals surface area contributed by atoms with E-state index in [2.05, 4.69) is 5.43 Å². The van der Waals surface area contributed by atoms with Gasteiger partial charge in [0, 0.05) is 18.7 Å². The highest BCUT2D eigenvalue weighted by atomic mass is 35.5. The van der Waals surface area contributed by atoms with Gasteiger partial charge in [-0.15, -0.1) is 0 Å². The predicted octanol–water partition coefficient (Wildman–Crippen LogP) is 2.71. The van der Waals surface area contributed by atoms with Crippen molar-refractivity contribution in [3.8, 4) is 0 Å². The molecule has 0 spiro atoms. The van der Waals surface area contributed by atoms with Crippen LogP contribution in [0.15, 0.2) is 12.1 Å². The molecule has 1 aliphatic rings. The van der Waals surface area contributed by atoms with E-state index in [1.54, 1.807) is 0 Å². The van der Waals surface area contributed by atoms with E-state index in [1.165, 1.54) is 18.6 Å². The molecule has 0 radical (unpaired) electrons. The van der Waals surface area contributed by atoms with Gasteiger partial charge in [0.15, 0.2) is 0 Å². The minimum atomic E-state index is -0.206. The number of piperidine rings is 1. The topological polar surface area (TPSA) is 58.4 Å². The van der Waals surface area contributed by atoms with Crippen molar-refractivity contribution in [2.45, 2.75) is 19.3 Å². The van der Waals surface area contributed by atoms with Crippen molar-refractivity contribution in [2.75, 3.05) is 18.8 Å². The van der Waals surface area contributed by atoms with Crippen molar-refractivity contribution < 1.29 is 4.79 Å². The average Bonchev–Trinajstić information content (AvgIpc) is 2.36. The molecule has 3 N–H and O–H groups in total. The van der Waals surface area contributed by atoms with E-state index in [1.807, 2.05) is 5.01 Å². The molecule has 1 aliphatic heterocycles. The maximum absolute atomic E-state index is 12.0. The third-order valence-corrected chi connectivity index (χ3v) is 3.75. The maximum atomic E-state index is 12.0. The number of carbonyl (C=O) groups is 1. The van der Waals surface area contributed by atoms with E-state index in [0.29, 0.717) is 16.3 Å². The van der Waals surface area contributed by atoms with Gasteiger partial charge in [-0.1, -0.05) is 29.6 Å². The van der Waals surface area contributed by atoms with Gasteiger partial charge in [-0.25, -0.2) is 5.01 Å². The van der Waals surface area contributed by atoms with Crippen molar-refractivity contribution >= 4 is 34.8 Å². The van der Waals surface area contributed by atoms with Crippen molar-refractivity contribution in [3.05, 3.63) is 27.7 Å². The number of carbonyl (C=O) groups excluding carboxylic acids is 1. The van der Waals surface area contributed by atoms with E-state index in [-0.39, 0.29) is 10.9 Å². The molecule has 0 aromatic heterocycles. The van der Waals surface area contributed by atoms with Gasteiger partial charge in [0.25, 0.3) is 5.91 Å². The van der Waals surface area contributed by atoms with E-state index in [4.69, 9.17) is 28.9 Å². The molecule has 6 heteroatoms. The molecule has 98 valence electrons. The Hall–Kier alpha value is -0.970. The fraction of sp³-hybridized carbons (Fsp3) is 0.417. The van der Waals surface area contributed by atoms with Crippen molar-refractivity contribution in [1.29, 1.82) is 0 Å². The highest BCUT2D eigenvalue weighted by molar-refractivity contribution is 6.43. The standard InChI is InChI=1S/C12H15Cl2N3O/c13-9-6-8(7-10(15)11(9)14)12(18)16-17-4-2-1-3-5-17/h6-7H,1-5,15H2,(H,16,18). The molecule has 0 saturated carbocycles. The smallest absolute Gasteiger partial charge is 0.265 e. The first-order valence-corrected chi connectivity index (χ1v) is 6.64. The number of nitrogens with two attached hydrogens (primary N) is 1. The minimum absolute atomic E-state index is 0.206. The van der Waals surface area contributed by atoms with E-state index < -0.39 is 0 Å². The van der Waals surface area contributed by atoms with Crippen LogP contribution in [0.3, 0.4) is 0 Å². The number of nitrogens with zero attached hydrogens (tertiary/aromatic N) is 1. The van der Waals surface area contributed by atoms with Crippen LogP contribution in [0, 0.1) is 0 Å². The van der Waals surface area contributed by atoms with Crippen molar-refractivity contribution in [1.82, 2.24) is 10.4 Å². The second kappa shape index (κ2) is 5.78. The Morgan fingerprint density at radius 3 is 2.50 bits per heavy atom. The van der Waals surface area contributed by atoms with Gasteiger partial charge >= 0.3 is 0 Å². The summed E-state index contributed by atoms with van der Waals surface area (Å²) in [5, 5.41) is 2.50. The summed E-state index contributed by atoms with van der Waals surface area (Å²) in [6.45, 7) is 1.76. The zero-order chi connectivity index (χ0) is 13.1. The normalized spacial score (nSPS) is 16.6. The summed E-state index contributed by atoms with van der Waals surface area (Å²) in [6, 6.07) is 3.06. The largest absolute Gasteiger partial charge is 0.397 e. The van der Waals surface area contributed by atoms with Gasteiger partial charge in [-0.3, -0.25) is 10.2 Å². The Morgan fingerprint density at radius 2 is 1.89 bits per heavy atom. The summed E-state index contributed by atoms with van der Waals surface area (Å²) in [4.78, 5) is 12.0. The van der Waals surface area contributed by atoms with Crippen LogP contribution in [0.25, 0.3) is 0 Å². The molecule has 0 atom stereocenters. The SMILES string of the molecule is Nc1cc(C(=O)NN2CCCCC2)cc(Cl)c1Cl.